The van der Waals surface area contributed by atoms with Gasteiger partial charge in [-0.05, 0) is 6.42 Å². The highest BCUT2D eigenvalue weighted by Gasteiger charge is 2.19. The van der Waals surface area contributed by atoms with Crippen molar-refractivity contribution >= 4 is 11.9 Å². The zero-order valence-electron chi connectivity index (χ0n) is 8.36. The quantitative estimate of drug-likeness (QED) is 0.656. The number of amides is 1. The number of carbonyl (C=O) groups excluding carboxylic acids is 1. The van der Waals surface area contributed by atoms with Crippen LogP contribution in [0.15, 0.2) is 12.4 Å². The van der Waals surface area contributed by atoms with Crippen LogP contribution in [0.5, 0.6) is 0 Å². The molecule has 82 valence electrons. The van der Waals surface area contributed by atoms with Crippen LogP contribution in [0.3, 0.4) is 0 Å². The molecule has 0 aliphatic rings. The standard InChI is InChI=1S/C9H13N3O3/c1-2-3-7(9(14)15)12-8(13)6-4-10-11-5-6/h4-5,7H,2-3H2,1H3,(H,10,11)(H,12,13)(H,14,15). The Morgan fingerprint density at radius 3 is 2.87 bits per heavy atom. The molecule has 0 bridgehead atoms. The van der Waals surface area contributed by atoms with Gasteiger partial charge in [-0.2, -0.15) is 5.10 Å². The highest BCUT2D eigenvalue weighted by atomic mass is 16.4. The lowest BCUT2D eigenvalue weighted by Gasteiger charge is -2.12. The topological polar surface area (TPSA) is 95.1 Å². The fourth-order valence-electron chi connectivity index (χ4n) is 1.16. The Morgan fingerprint density at radius 1 is 1.67 bits per heavy atom. The van der Waals surface area contributed by atoms with Crippen LogP contribution < -0.4 is 5.32 Å². The van der Waals surface area contributed by atoms with Gasteiger partial charge in [-0.15, -0.1) is 0 Å². The number of nitrogens with zero attached hydrogens (tertiary/aromatic N) is 1. The third kappa shape index (κ3) is 3.08. The number of hydrogen-bond donors (Lipinski definition) is 3. The number of hydrogen-bond acceptors (Lipinski definition) is 3. The fourth-order valence-corrected chi connectivity index (χ4v) is 1.16. The lowest BCUT2D eigenvalue weighted by Crippen LogP contribution is -2.40. The Bertz CT molecular complexity index is 334. The molecule has 1 unspecified atom stereocenters. The van der Waals surface area contributed by atoms with E-state index in [1.54, 1.807) is 0 Å². The van der Waals surface area contributed by atoms with Crippen LogP contribution in [0.1, 0.15) is 30.1 Å². The summed E-state index contributed by atoms with van der Waals surface area (Å²) in [5, 5.41) is 17.3. The van der Waals surface area contributed by atoms with Crippen LogP contribution in [0, 0.1) is 0 Å². The lowest BCUT2D eigenvalue weighted by molar-refractivity contribution is -0.139. The average molecular weight is 211 g/mol. The smallest absolute Gasteiger partial charge is 0.326 e. The maximum absolute atomic E-state index is 11.5. The summed E-state index contributed by atoms with van der Waals surface area (Å²) in [5.41, 5.74) is 0.331. The second-order valence-electron chi connectivity index (χ2n) is 3.14. The molecule has 3 N–H and O–H groups in total. The number of rotatable bonds is 5. The second kappa shape index (κ2) is 5.14. The van der Waals surface area contributed by atoms with Crippen LogP contribution in [0.2, 0.25) is 0 Å². The van der Waals surface area contributed by atoms with Crippen LogP contribution in [-0.4, -0.2) is 33.2 Å². The number of carboxylic acids is 1. The molecule has 0 aromatic carbocycles. The van der Waals surface area contributed by atoms with Crippen molar-refractivity contribution < 1.29 is 14.7 Å². The van der Waals surface area contributed by atoms with Crippen LogP contribution in [0.25, 0.3) is 0 Å². The van der Waals surface area contributed by atoms with E-state index in [2.05, 4.69) is 15.5 Å². The van der Waals surface area contributed by atoms with E-state index in [-0.39, 0.29) is 0 Å². The summed E-state index contributed by atoms with van der Waals surface area (Å²) >= 11 is 0. The van der Waals surface area contributed by atoms with Gasteiger partial charge in [-0.25, -0.2) is 4.79 Å². The molecular formula is C9H13N3O3. The number of carbonyl (C=O) groups is 2. The van der Waals surface area contributed by atoms with E-state index >= 15 is 0 Å². The minimum Gasteiger partial charge on any atom is -0.480 e. The highest BCUT2D eigenvalue weighted by molar-refractivity contribution is 5.96. The SMILES string of the molecule is CCCC(NC(=O)c1cn[nH]c1)C(=O)O. The van der Waals surface area contributed by atoms with Crippen molar-refractivity contribution in [1.82, 2.24) is 15.5 Å². The van der Waals surface area contributed by atoms with Crippen LogP contribution in [-0.2, 0) is 4.79 Å². The van der Waals surface area contributed by atoms with Crippen molar-refractivity contribution in [2.45, 2.75) is 25.8 Å². The molecule has 0 aliphatic heterocycles. The molecule has 1 aromatic rings. The Labute approximate surface area is 86.7 Å². The van der Waals surface area contributed by atoms with Gasteiger partial charge in [0, 0.05) is 6.20 Å². The third-order valence-corrected chi connectivity index (χ3v) is 1.94. The van der Waals surface area contributed by atoms with Gasteiger partial charge in [-0.3, -0.25) is 9.89 Å². The van der Waals surface area contributed by atoms with Crippen molar-refractivity contribution in [2.75, 3.05) is 0 Å². The molecule has 6 heteroatoms. The molecule has 0 saturated carbocycles. The van der Waals surface area contributed by atoms with Gasteiger partial charge in [0.15, 0.2) is 0 Å². The molecule has 6 nitrogen and oxygen atoms in total. The van der Waals surface area contributed by atoms with Gasteiger partial charge in [-0.1, -0.05) is 13.3 Å². The predicted octanol–water partition coefficient (Wildman–Crippen LogP) is 0.393. The molecule has 1 heterocycles. The lowest BCUT2D eigenvalue weighted by atomic mass is 10.1. The number of aliphatic carboxylic acids is 1. The summed E-state index contributed by atoms with van der Waals surface area (Å²) in [6.45, 7) is 1.86. The van der Waals surface area contributed by atoms with Gasteiger partial charge in [0.25, 0.3) is 5.91 Å². The minimum absolute atomic E-state index is 0.331. The molecule has 0 aliphatic carbocycles. The average Bonchev–Trinajstić information content (AvgIpc) is 2.69. The van der Waals surface area contributed by atoms with Crippen molar-refractivity contribution in [3.63, 3.8) is 0 Å². The van der Waals surface area contributed by atoms with Crippen LogP contribution in [0.4, 0.5) is 0 Å². The van der Waals surface area contributed by atoms with E-state index in [0.29, 0.717) is 18.4 Å². The normalized spacial score (nSPS) is 12.1. The van der Waals surface area contributed by atoms with Crippen molar-refractivity contribution in [1.29, 1.82) is 0 Å². The molecular weight excluding hydrogens is 198 g/mol. The van der Waals surface area contributed by atoms with E-state index in [1.807, 2.05) is 6.92 Å². The first-order valence-electron chi connectivity index (χ1n) is 4.67. The predicted molar refractivity (Wildman–Crippen MR) is 52.4 cm³/mol. The molecule has 1 atom stereocenters. The van der Waals surface area contributed by atoms with E-state index in [0.717, 1.165) is 0 Å². The van der Waals surface area contributed by atoms with Gasteiger partial charge in [0.1, 0.15) is 6.04 Å². The highest BCUT2D eigenvalue weighted by Crippen LogP contribution is 2.00. The molecule has 1 aromatic heterocycles. The Balaban J connectivity index is 2.59. The zero-order valence-corrected chi connectivity index (χ0v) is 8.36. The Morgan fingerprint density at radius 2 is 2.40 bits per heavy atom. The molecule has 0 saturated heterocycles. The van der Waals surface area contributed by atoms with Gasteiger partial charge in [0.2, 0.25) is 0 Å². The first-order chi connectivity index (χ1) is 7.15. The molecule has 0 spiro atoms. The van der Waals surface area contributed by atoms with E-state index < -0.39 is 17.9 Å². The molecule has 15 heavy (non-hydrogen) atoms. The van der Waals surface area contributed by atoms with E-state index in [9.17, 15) is 9.59 Å². The summed E-state index contributed by atoms with van der Waals surface area (Å²) in [4.78, 5) is 22.2. The molecule has 0 fully saturated rings. The molecule has 1 rings (SSSR count). The fraction of sp³-hybridized carbons (Fsp3) is 0.444. The summed E-state index contributed by atoms with van der Waals surface area (Å²) in [7, 11) is 0. The summed E-state index contributed by atoms with van der Waals surface area (Å²) in [6.07, 6.45) is 3.88. The monoisotopic (exact) mass is 211 g/mol. The molecule has 0 radical (unpaired) electrons. The minimum atomic E-state index is -1.02. The van der Waals surface area contributed by atoms with Gasteiger partial charge < -0.3 is 10.4 Å². The van der Waals surface area contributed by atoms with Crippen LogP contribution >= 0.6 is 0 Å². The summed E-state index contributed by atoms with van der Waals surface area (Å²) < 4.78 is 0. The van der Waals surface area contributed by atoms with Crippen molar-refractivity contribution in [2.24, 2.45) is 0 Å². The first-order valence-corrected chi connectivity index (χ1v) is 4.67. The zero-order chi connectivity index (χ0) is 11.3. The van der Waals surface area contributed by atoms with Gasteiger partial charge in [0.05, 0.1) is 11.8 Å². The first kappa shape index (κ1) is 11.2. The summed E-state index contributed by atoms with van der Waals surface area (Å²) in [5.74, 6) is -1.45. The Hall–Kier alpha value is -1.85. The second-order valence-corrected chi connectivity index (χ2v) is 3.14. The van der Waals surface area contributed by atoms with E-state index in [4.69, 9.17) is 5.11 Å². The Kier molecular flexibility index (Phi) is 3.84. The maximum atomic E-state index is 11.5. The summed E-state index contributed by atoms with van der Waals surface area (Å²) in [6, 6.07) is -0.836. The number of aromatic amines is 1. The van der Waals surface area contributed by atoms with Gasteiger partial charge >= 0.3 is 5.97 Å². The largest absolute Gasteiger partial charge is 0.480 e. The van der Waals surface area contributed by atoms with Crippen molar-refractivity contribution in [3.8, 4) is 0 Å². The molecule has 1 amide bonds. The third-order valence-electron chi connectivity index (χ3n) is 1.94. The maximum Gasteiger partial charge on any atom is 0.326 e. The number of carboxylic acid groups (broad SMARTS) is 1. The van der Waals surface area contributed by atoms with E-state index in [1.165, 1.54) is 12.4 Å². The number of H-pyrrole nitrogens is 1. The number of nitrogens with one attached hydrogen (secondary N) is 2. The van der Waals surface area contributed by atoms with Crippen molar-refractivity contribution in [3.05, 3.63) is 18.0 Å². The number of aromatic nitrogens is 2.